The Hall–Kier alpha value is -0.990. The second kappa shape index (κ2) is 4.71. The summed E-state index contributed by atoms with van der Waals surface area (Å²) >= 11 is 0. The van der Waals surface area contributed by atoms with Crippen LogP contribution < -0.4 is 5.73 Å². The SMILES string of the molecule is Nc1nn(C2CCCCC2)c2c1CCCCC2. The molecular weight excluding hydrogens is 210 g/mol. The molecule has 2 N–H and O–H groups in total. The van der Waals surface area contributed by atoms with E-state index in [1.807, 2.05) is 0 Å². The molecule has 0 amide bonds. The summed E-state index contributed by atoms with van der Waals surface area (Å²) in [7, 11) is 0. The van der Waals surface area contributed by atoms with E-state index in [4.69, 9.17) is 5.73 Å². The van der Waals surface area contributed by atoms with Crippen molar-refractivity contribution in [3.8, 4) is 0 Å². The van der Waals surface area contributed by atoms with Crippen molar-refractivity contribution in [1.82, 2.24) is 9.78 Å². The number of nitrogen functional groups attached to an aromatic ring is 1. The predicted octanol–water partition coefficient (Wildman–Crippen LogP) is 3.24. The largest absolute Gasteiger partial charge is 0.382 e. The lowest BCUT2D eigenvalue weighted by Crippen LogP contribution is -2.17. The Morgan fingerprint density at radius 3 is 2.47 bits per heavy atom. The Morgan fingerprint density at radius 2 is 1.65 bits per heavy atom. The summed E-state index contributed by atoms with van der Waals surface area (Å²) in [6, 6.07) is 0.632. The topological polar surface area (TPSA) is 43.8 Å². The normalized spacial score (nSPS) is 22.1. The van der Waals surface area contributed by atoms with Crippen LogP contribution >= 0.6 is 0 Å². The minimum absolute atomic E-state index is 0.632. The van der Waals surface area contributed by atoms with Gasteiger partial charge in [-0.1, -0.05) is 25.7 Å². The summed E-state index contributed by atoms with van der Waals surface area (Å²) in [5, 5.41) is 4.65. The van der Waals surface area contributed by atoms with Gasteiger partial charge >= 0.3 is 0 Å². The molecule has 0 spiro atoms. The third kappa shape index (κ3) is 2.07. The molecule has 0 aliphatic heterocycles. The van der Waals surface area contributed by atoms with Gasteiger partial charge < -0.3 is 5.73 Å². The zero-order valence-electron chi connectivity index (χ0n) is 10.6. The van der Waals surface area contributed by atoms with Crippen LogP contribution in [-0.2, 0) is 12.8 Å². The molecule has 3 rings (SSSR count). The Balaban J connectivity index is 1.93. The van der Waals surface area contributed by atoms with E-state index in [9.17, 15) is 0 Å². The van der Waals surface area contributed by atoms with Crippen molar-refractivity contribution in [2.24, 2.45) is 0 Å². The third-order valence-electron chi connectivity index (χ3n) is 4.41. The molecule has 1 saturated carbocycles. The average molecular weight is 233 g/mol. The fraction of sp³-hybridized carbons (Fsp3) is 0.786. The maximum atomic E-state index is 6.11. The summed E-state index contributed by atoms with van der Waals surface area (Å²) < 4.78 is 2.30. The van der Waals surface area contributed by atoms with Crippen molar-refractivity contribution in [3.05, 3.63) is 11.3 Å². The Morgan fingerprint density at radius 1 is 0.941 bits per heavy atom. The second-order valence-corrected chi connectivity index (χ2v) is 5.61. The fourth-order valence-corrected chi connectivity index (χ4v) is 3.46. The van der Waals surface area contributed by atoms with E-state index in [2.05, 4.69) is 9.78 Å². The first kappa shape index (κ1) is 11.1. The number of rotatable bonds is 1. The van der Waals surface area contributed by atoms with Crippen LogP contribution in [0.15, 0.2) is 0 Å². The molecule has 0 saturated heterocycles. The van der Waals surface area contributed by atoms with Crippen LogP contribution in [0.4, 0.5) is 5.82 Å². The quantitative estimate of drug-likeness (QED) is 0.757. The summed E-state index contributed by atoms with van der Waals surface area (Å²) in [6.45, 7) is 0. The first-order valence-electron chi connectivity index (χ1n) is 7.22. The molecular formula is C14H23N3. The maximum absolute atomic E-state index is 6.11. The number of nitrogens with two attached hydrogens (primary N) is 1. The molecule has 1 aromatic rings. The summed E-state index contributed by atoms with van der Waals surface area (Å²) in [5.74, 6) is 0.812. The Bertz CT molecular complexity index is 388. The van der Waals surface area contributed by atoms with E-state index in [1.54, 1.807) is 0 Å². The standard InChI is InChI=1S/C14H23N3/c15-14-12-9-5-2-6-10-13(12)17(16-14)11-7-3-1-4-8-11/h11H,1-10H2,(H2,15,16). The molecule has 2 aliphatic carbocycles. The molecule has 2 aliphatic rings. The molecule has 3 nitrogen and oxygen atoms in total. The molecule has 3 heteroatoms. The highest BCUT2D eigenvalue weighted by molar-refractivity contribution is 5.43. The number of aromatic nitrogens is 2. The zero-order valence-corrected chi connectivity index (χ0v) is 10.6. The van der Waals surface area contributed by atoms with Gasteiger partial charge in [-0.15, -0.1) is 0 Å². The van der Waals surface area contributed by atoms with Gasteiger partial charge in [0, 0.05) is 11.3 Å². The molecule has 0 unspecified atom stereocenters. The average Bonchev–Trinajstić information content (AvgIpc) is 2.57. The minimum Gasteiger partial charge on any atom is -0.382 e. The van der Waals surface area contributed by atoms with Crippen molar-refractivity contribution in [2.75, 3.05) is 5.73 Å². The lowest BCUT2D eigenvalue weighted by atomic mass is 9.95. The van der Waals surface area contributed by atoms with E-state index in [1.165, 1.54) is 69.0 Å². The molecule has 1 heterocycles. The van der Waals surface area contributed by atoms with Gasteiger partial charge in [0.15, 0.2) is 0 Å². The van der Waals surface area contributed by atoms with E-state index >= 15 is 0 Å². The van der Waals surface area contributed by atoms with E-state index in [-0.39, 0.29) is 0 Å². The second-order valence-electron chi connectivity index (χ2n) is 5.61. The lowest BCUT2D eigenvalue weighted by molar-refractivity contribution is 0.322. The van der Waals surface area contributed by atoms with Crippen LogP contribution in [0.2, 0.25) is 0 Å². The van der Waals surface area contributed by atoms with Crippen LogP contribution in [0.1, 0.15) is 68.7 Å². The van der Waals surface area contributed by atoms with Crippen molar-refractivity contribution in [3.63, 3.8) is 0 Å². The number of fused-ring (bicyclic) bond motifs is 1. The van der Waals surface area contributed by atoms with Gasteiger partial charge in [0.05, 0.1) is 6.04 Å². The molecule has 94 valence electrons. The smallest absolute Gasteiger partial charge is 0.148 e. The third-order valence-corrected chi connectivity index (χ3v) is 4.41. The van der Waals surface area contributed by atoms with E-state index in [0.717, 1.165) is 12.2 Å². The van der Waals surface area contributed by atoms with Crippen LogP contribution in [0.3, 0.4) is 0 Å². The number of hydrogen-bond acceptors (Lipinski definition) is 2. The van der Waals surface area contributed by atoms with Crippen molar-refractivity contribution in [1.29, 1.82) is 0 Å². The predicted molar refractivity (Wildman–Crippen MR) is 70.0 cm³/mol. The lowest BCUT2D eigenvalue weighted by Gasteiger charge is -2.24. The zero-order chi connectivity index (χ0) is 11.7. The van der Waals surface area contributed by atoms with Crippen molar-refractivity contribution >= 4 is 5.82 Å². The Labute approximate surface area is 103 Å². The van der Waals surface area contributed by atoms with Gasteiger partial charge in [-0.3, -0.25) is 4.68 Å². The monoisotopic (exact) mass is 233 g/mol. The number of anilines is 1. The molecule has 1 aromatic heterocycles. The van der Waals surface area contributed by atoms with Crippen LogP contribution in [-0.4, -0.2) is 9.78 Å². The molecule has 0 radical (unpaired) electrons. The van der Waals surface area contributed by atoms with Gasteiger partial charge in [-0.25, -0.2) is 0 Å². The van der Waals surface area contributed by atoms with Gasteiger partial charge in [-0.05, 0) is 38.5 Å². The van der Waals surface area contributed by atoms with Crippen LogP contribution in [0, 0.1) is 0 Å². The molecule has 17 heavy (non-hydrogen) atoms. The highest BCUT2D eigenvalue weighted by Gasteiger charge is 2.24. The number of nitrogens with zero attached hydrogens (tertiary/aromatic N) is 2. The maximum Gasteiger partial charge on any atom is 0.148 e. The van der Waals surface area contributed by atoms with Gasteiger partial charge in [0.2, 0.25) is 0 Å². The first-order chi connectivity index (χ1) is 8.36. The van der Waals surface area contributed by atoms with E-state index in [0.29, 0.717) is 6.04 Å². The summed E-state index contributed by atoms with van der Waals surface area (Å²) in [4.78, 5) is 0. The van der Waals surface area contributed by atoms with Crippen LogP contribution in [0.25, 0.3) is 0 Å². The first-order valence-corrected chi connectivity index (χ1v) is 7.22. The molecule has 0 bridgehead atoms. The number of hydrogen-bond donors (Lipinski definition) is 1. The molecule has 0 aromatic carbocycles. The Kier molecular flexibility index (Phi) is 3.08. The van der Waals surface area contributed by atoms with Gasteiger partial charge in [0.1, 0.15) is 5.82 Å². The summed E-state index contributed by atoms with van der Waals surface area (Å²) in [5.41, 5.74) is 8.94. The van der Waals surface area contributed by atoms with Gasteiger partial charge in [0.25, 0.3) is 0 Å². The van der Waals surface area contributed by atoms with Crippen LogP contribution in [0.5, 0.6) is 0 Å². The van der Waals surface area contributed by atoms with Crippen molar-refractivity contribution < 1.29 is 0 Å². The van der Waals surface area contributed by atoms with Gasteiger partial charge in [-0.2, -0.15) is 5.10 Å². The fourth-order valence-electron chi connectivity index (χ4n) is 3.46. The summed E-state index contributed by atoms with van der Waals surface area (Å²) in [6.07, 6.45) is 13.0. The highest BCUT2D eigenvalue weighted by atomic mass is 15.3. The highest BCUT2D eigenvalue weighted by Crippen LogP contribution is 2.33. The van der Waals surface area contributed by atoms with Crippen molar-refractivity contribution in [2.45, 2.75) is 70.3 Å². The molecule has 1 fully saturated rings. The molecule has 0 atom stereocenters. The minimum atomic E-state index is 0.632. The van der Waals surface area contributed by atoms with E-state index < -0.39 is 0 Å².